The lowest BCUT2D eigenvalue weighted by atomic mass is 10.2. The molecular weight excluding hydrogens is 360 g/mol. The molecule has 25 heavy (non-hydrogen) atoms. The van der Waals surface area contributed by atoms with E-state index in [1.807, 2.05) is 55.5 Å². The van der Waals surface area contributed by atoms with Crippen LogP contribution in [0.25, 0.3) is 0 Å². The number of hydrogen-bond acceptors (Lipinski definition) is 4. The third-order valence-electron chi connectivity index (χ3n) is 3.52. The van der Waals surface area contributed by atoms with E-state index in [2.05, 4.69) is 10.0 Å². The van der Waals surface area contributed by atoms with E-state index in [1.165, 1.54) is 0 Å². The number of sulfonamides is 1. The van der Waals surface area contributed by atoms with Crippen molar-refractivity contribution in [2.75, 3.05) is 12.8 Å². The van der Waals surface area contributed by atoms with Gasteiger partial charge in [-0.15, -0.1) is 0 Å². The van der Waals surface area contributed by atoms with E-state index in [9.17, 15) is 8.42 Å². The fourth-order valence-corrected chi connectivity index (χ4v) is 2.90. The molecule has 7 heteroatoms. The number of nitrogens with one attached hydrogen (secondary N) is 2. The van der Waals surface area contributed by atoms with Gasteiger partial charge in [-0.3, -0.25) is 0 Å². The average molecular weight is 383 g/mol. The van der Waals surface area contributed by atoms with Gasteiger partial charge in [0, 0.05) is 24.2 Å². The Kier molecular flexibility index (Phi) is 7.25. The molecule has 0 bridgehead atoms. The summed E-state index contributed by atoms with van der Waals surface area (Å²) in [5, 5.41) is 3.97. The minimum atomic E-state index is -3.15. The molecule has 2 aromatic rings. The van der Waals surface area contributed by atoms with Crippen molar-refractivity contribution in [3.63, 3.8) is 0 Å². The second kappa shape index (κ2) is 9.20. The summed E-state index contributed by atoms with van der Waals surface area (Å²) in [5.41, 5.74) is 2.12. The van der Waals surface area contributed by atoms with Crippen molar-refractivity contribution in [2.45, 2.75) is 26.1 Å². The first-order valence-electron chi connectivity index (χ1n) is 7.96. The van der Waals surface area contributed by atoms with Gasteiger partial charge in [0.25, 0.3) is 0 Å². The van der Waals surface area contributed by atoms with Crippen LogP contribution in [-0.4, -0.2) is 27.3 Å². The van der Waals surface area contributed by atoms with Crippen LogP contribution in [0.5, 0.6) is 5.75 Å². The Balaban J connectivity index is 1.77. The second-order valence-electron chi connectivity index (χ2n) is 5.97. The zero-order valence-electron chi connectivity index (χ0n) is 14.3. The highest BCUT2D eigenvalue weighted by molar-refractivity contribution is 7.88. The molecule has 0 amide bonds. The maximum Gasteiger partial charge on any atom is 0.208 e. The summed E-state index contributed by atoms with van der Waals surface area (Å²) in [6.07, 6.45) is 1.15. The van der Waals surface area contributed by atoms with Crippen LogP contribution in [0, 0.1) is 0 Å². The van der Waals surface area contributed by atoms with Crippen LogP contribution in [-0.2, 0) is 23.2 Å². The first-order chi connectivity index (χ1) is 11.8. The van der Waals surface area contributed by atoms with Crippen LogP contribution >= 0.6 is 11.6 Å². The summed E-state index contributed by atoms with van der Waals surface area (Å²) in [7, 11) is -3.15. The molecule has 0 unspecified atom stereocenters. The summed E-state index contributed by atoms with van der Waals surface area (Å²) < 4.78 is 30.4. The SMILES string of the molecule is C[C@H](CNS(C)(=O)=O)NCc1ccc(OCc2cccc(Cl)c2)cc1. The lowest BCUT2D eigenvalue weighted by molar-refractivity contribution is 0.306. The van der Waals surface area contributed by atoms with Crippen LogP contribution in [0.1, 0.15) is 18.1 Å². The molecule has 0 radical (unpaired) electrons. The van der Waals surface area contributed by atoms with Gasteiger partial charge in [0.1, 0.15) is 12.4 Å². The Morgan fingerprint density at radius 3 is 2.48 bits per heavy atom. The lowest BCUT2D eigenvalue weighted by Crippen LogP contribution is -2.38. The van der Waals surface area contributed by atoms with E-state index in [1.54, 1.807) is 0 Å². The van der Waals surface area contributed by atoms with Crippen molar-refractivity contribution in [3.8, 4) is 5.75 Å². The van der Waals surface area contributed by atoms with Crippen LogP contribution in [0.15, 0.2) is 48.5 Å². The largest absolute Gasteiger partial charge is 0.489 e. The lowest BCUT2D eigenvalue weighted by Gasteiger charge is -2.14. The van der Waals surface area contributed by atoms with E-state index < -0.39 is 10.0 Å². The summed E-state index contributed by atoms with van der Waals surface area (Å²) in [4.78, 5) is 0. The minimum Gasteiger partial charge on any atom is -0.489 e. The maximum absolute atomic E-state index is 11.1. The molecule has 0 saturated heterocycles. The van der Waals surface area contributed by atoms with Gasteiger partial charge in [-0.1, -0.05) is 35.9 Å². The van der Waals surface area contributed by atoms with Crippen LogP contribution in [0.3, 0.4) is 0 Å². The van der Waals surface area contributed by atoms with Gasteiger partial charge >= 0.3 is 0 Å². The Labute approximate surface area is 154 Å². The van der Waals surface area contributed by atoms with E-state index in [0.29, 0.717) is 24.7 Å². The molecule has 0 aliphatic rings. The number of halogens is 1. The molecule has 0 fully saturated rings. The predicted molar refractivity (Wildman–Crippen MR) is 101 cm³/mol. The van der Waals surface area contributed by atoms with Crippen molar-refractivity contribution in [2.24, 2.45) is 0 Å². The summed E-state index contributed by atoms with van der Waals surface area (Å²) >= 11 is 5.95. The van der Waals surface area contributed by atoms with Crippen molar-refractivity contribution < 1.29 is 13.2 Å². The quantitative estimate of drug-likeness (QED) is 0.699. The average Bonchev–Trinajstić information content (AvgIpc) is 2.57. The molecule has 0 aliphatic carbocycles. The Bertz CT molecular complexity index is 779. The molecule has 0 heterocycles. The molecule has 0 aromatic heterocycles. The smallest absolute Gasteiger partial charge is 0.208 e. The maximum atomic E-state index is 11.1. The molecule has 0 spiro atoms. The van der Waals surface area contributed by atoms with Crippen molar-refractivity contribution in [3.05, 3.63) is 64.7 Å². The fraction of sp³-hybridized carbons (Fsp3) is 0.333. The standard InChI is InChI=1S/C18H23ClN2O3S/c1-14(11-21-25(2,22)23)20-12-15-6-8-18(9-7-15)24-13-16-4-3-5-17(19)10-16/h3-10,14,20-21H,11-13H2,1-2H3/t14-/m1/s1. The minimum absolute atomic E-state index is 0.0356. The van der Waals surface area contributed by atoms with Crippen LogP contribution in [0.4, 0.5) is 0 Å². The van der Waals surface area contributed by atoms with Crippen molar-refractivity contribution in [1.29, 1.82) is 0 Å². The van der Waals surface area contributed by atoms with Gasteiger partial charge in [-0.2, -0.15) is 0 Å². The number of ether oxygens (including phenoxy) is 1. The Hall–Kier alpha value is -1.60. The van der Waals surface area contributed by atoms with Gasteiger partial charge in [0.05, 0.1) is 6.26 Å². The number of benzene rings is 2. The highest BCUT2D eigenvalue weighted by Gasteiger charge is 2.06. The molecular formula is C18H23ClN2O3S. The zero-order valence-corrected chi connectivity index (χ0v) is 15.9. The molecule has 2 aromatic carbocycles. The van der Waals surface area contributed by atoms with E-state index in [4.69, 9.17) is 16.3 Å². The topological polar surface area (TPSA) is 67.4 Å². The molecule has 1 atom stereocenters. The Morgan fingerprint density at radius 1 is 1.12 bits per heavy atom. The predicted octanol–water partition coefficient (Wildman–Crippen LogP) is 2.95. The van der Waals surface area contributed by atoms with Gasteiger partial charge < -0.3 is 10.1 Å². The van der Waals surface area contributed by atoms with Crippen molar-refractivity contribution >= 4 is 21.6 Å². The first-order valence-corrected chi connectivity index (χ1v) is 10.2. The van der Waals surface area contributed by atoms with E-state index >= 15 is 0 Å². The third-order valence-corrected chi connectivity index (χ3v) is 4.45. The van der Waals surface area contributed by atoms with E-state index in [0.717, 1.165) is 23.1 Å². The third kappa shape index (κ3) is 7.88. The van der Waals surface area contributed by atoms with Gasteiger partial charge in [0.15, 0.2) is 0 Å². The van der Waals surface area contributed by atoms with Gasteiger partial charge in [-0.25, -0.2) is 13.1 Å². The Morgan fingerprint density at radius 2 is 1.84 bits per heavy atom. The molecule has 136 valence electrons. The van der Waals surface area contributed by atoms with Gasteiger partial charge in [-0.05, 0) is 42.3 Å². The van der Waals surface area contributed by atoms with Crippen LogP contribution in [0.2, 0.25) is 5.02 Å². The summed E-state index contributed by atoms with van der Waals surface area (Å²) in [5.74, 6) is 0.788. The molecule has 0 aliphatic heterocycles. The zero-order chi connectivity index (χ0) is 18.3. The highest BCUT2D eigenvalue weighted by atomic mass is 35.5. The van der Waals surface area contributed by atoms with Gasteiger partial charge in [0.2, 0.25) is 10.0 Å². The number of hydrogen-bond donors (Lipinski definition) is 2. The molecule has 2 N–H and O–H groups in total. The first kappa shape index (κ1) is 19.7. The van der Waals surface area contributed by atoms with E-state index in [-0.39, 0.29) is 6.04 Å². The fourth-order valence-electron chi connectivity index (χ4n) is 2.14. The van der Waals surface area contributed by atoms with Crippen LogP contribution < -0.4 is 14.8 Å². The molecule has 0 saturated carbocycles. The molecule has 2 rings (SSSR count). The van der Waals surface area contributed by atoms with Crippen molar-refractivity contribution in [1.82, 2.24) is 10.0 Å². The summed E-state index contributed by atoms with van der Waals surface area (Å²) in [6.45, 7) is 3.41. The monoisotopic (exact) mass is 382 g/mol. The molecule has 5 nitrogen and oxygen atoms in total. The number of rotatable bonds is 9. The summed E-state index contributed by atoms with van der Waals surface area (Å²) in [6, 6.07) is 15.4. The highest BCUT2D eigenvalue weighted by Crippen LogP contribution is 2.16. The normalized spacial score (nSPS) is 12.8. The second-order valence-corrected chi connectivity index (χ2v) is 8.23.